The molecule has 0 aliphatic heterocycles. The summed E-state index contributed by atoms with van der Waals surface area (Å²) in [5.74, 6) is -0.504. The number of nitrogens with two attached hydrogens (primary N) is 1. The number of aromatic nitrogens is 2. The zero-order valence-electron chi connectivity index (χ0n) is 10.5. The molecule has 1 rings (SSSR count). The Bertz CT molecular complexity index is 456. The molecule has 0 aromatic carbocycles. The van der Waals surface area contributed by atoms with Gasteiger partial charge in [0.2, 0.25) is 0 Å². The minimum atomic E-state index is -4.37. The second kappa shape index (κ2) is 5.91. The summed E-state index contributed by atoms with van der Waals surface area (Å²) in [5.41, 5.74) is 6.60. The van der Waals surface area contributed by atoms with Crippen molar-refractivity contribution in [3.8, 4) is 0 Å². The number of anilines is 1. The number of hydrogen-bond donors (Lipinski definition) is 2. The van der Waals surface area contributed by atoms with Crippen LogP contribution in [-0.4, -0.2) is 41.6 Å². The van der Waals surface area contributed by atoms with Gasteiger partial charge in [-0.15, -0.1) is 0 Å². The molecule has 0 saturated carbocycles. The van der Waals surface area contributed by atoms with Crippen LogP contribution in [0.5, 0.6) is 0 Å². The SMILES string of the molecule is Cc1nn(C)c(C(=O)NCCOCC(F)(F)F)c1N. The molecule has 1 aromatic heterocycles. The predicted octanol–water partition coefficient (Wildman–Crippen LogP) is 0.619. The Morgan fingerprint density at radius 2 is 2.16 bits per heavy atom. The molecular weight excluding hydrogens is 265 g/mol. The third-order valence-corrected chi connectivity index (χ3v) is 2.28. The minimum Gasteiger partial charge on any atom is -0.395 e. The number of ether oxygens (including phenoxy) is 1. The molecule has 0 aliphatic carbocycles. The molecule has 1 amide bonds. The van der Waals surface area contributed by atoms with Gasteiger partial charge in [0.05, 0.1) is 18.0 Å². The summed E-state index contributed by atoms with van der Waals surface area (Å²) >= 11 is 0. The highest BCUT2D eigenvalue weighted by Crippen LogP contribution is 2.15. The van der Waals surface area contributed by atoms with Crippen LogP contribution in [0.3, 0.4) is 0 Å². The molecule has 3 N–H and O–H groups in total. The number of nitrogens with zero attached hydrogens (tertiary/aromatic N) is 2. The lowest BCUT2D eigenvalue weighted by Gasteiger charge is -2.09. The van der Waals surface area contributed by atoms with E-state index in [9.17, 15) is 18.0 Å². The quantitative estimate of drug-likeness (QED) is 0.775. The van der Waals surface area contributed by atoms with Gasteiger partial charge in [-0.05, 0) is 6.92 Å². The van der Waals surface area contributed by atoms with E-state index in [0.29, 0.717) is 5.69 Å². The maximum absolute atomic E-state index is 11.8. The molecule has 1 aromatic rings. The molecule has 0 bridgehead atoms. The van der Waals surface area contributed by atoms with E-state index in [-0.39, 0.29) is 24.5 Å². The number of alkyl halides is 3. The van der Waals surface area contributed by atoms with Gasteiger partial charge in [0.25, 0.3) is 5.91 Å². The van der Waals surface area contributed by atoms with Crippen LogP contribution >= 0.6 is 0 Å². The first-order chi connectivity index (χ1) is 8.72. The zero-order chi connectivity index (χ0) is 14.6. The first-order valence-corrected chi connectivity index (χ1v) is 5.44. The largest absolute Gasteiger partial charge is 0.411 e. The van der Waals surface area contributed by atoms with Crippen LogP contribution in [0.25, 0.3) is 0 Å². The van der Waals surface area contributed by atoms with E-state index in [1.807, 2.05) is 0 Å². The number of hydrogen-bond acceptors (Lipinski definition) is 4. The van der Waals surface area contributed by atoms with Crippen molar-refractivity contribution in [3.05, 3.63) is 11.4 Å². The topological polar surface area (TPSA) is 82.2 Å². The maximum atomic E-state index is 11.8. The van der Waals surface area contributed by atoms with Crippen LogP contribution in [0.2, 0.25) is 0 Å². The van der Waals surface area contributed by atoms with Crippen LogP contribution < -0.4 is 11.1 Å². The van der Waals surface area contributed by atoms with Gasteiger partial charge in [-0.25, -0.2) is 0 Å². The fourth-order valence-corrected chi connectivity index (χ4v) is 1.45. The lowest BCUT2D eigenvalue weighted by atomic mass is 10.3. The molecule has 0 fully saturated rings. The van der Waals surface area contributed by atoms with Crippen LogP contribution in [0.1, 0.15) is 16.2 Å². The van der Waals surface area contributed by atoms with E-state index >= 15 is 0 Å². The first kappa shape index (κ1) is 15.3. The smallest absolute Gasteiger partial charge is 0.395 e. The Morgan fingerprint density at radius 1 is 1.53 bits per heavy atom. The van der Waals surface area contributed by atoms with Crippen molar-refractivity contribution in [1.82, 2.24) is 15.1 Å². The molecule has 0 atom stereocenters. The number of nitrogens with one attached hydrogen (secondary N) is 1. The minimum absolute atomic E-state index is 0.0431. The summed E-state index contributed by atoms with van der Waals surface area (Å²) in [4.78, 5) is 11.7. The average Bonchev–Trinajstić information content (AvgIpc) is 2.51. The molecule has 0 spiro atoms. The highest BCUT2D eigenvalue weighted by Gasteiger charge is 2.27. The molecule has 0 aliphatic rings. The Labute approximate surface area is 107 Å². The fraction of sp³-hybridized carbons (Fsp3) is 0.600. The molecule has 0 radical (unpaired) electrons. The van der Waals surface area contributed by atoms with Crippen molar-refractivity contribution in [2.75, 3.05) is 25.5 Å². The summed E-state index contributed by atoms with van der Waals surface area (Å²) in [5, 5.41) is 6.37. The van der Waals surface area contributed by atoms with Gasteiger partial charge in [-0.1, -0.05) is 0 Å². The van der Waals surface area contributed by atoms with Crippen LogP contribution in [-0.2, 0) is 11.8 Å². The van der Waals surface area contributed by atoms with Gasteiger partial charge < -0.3 is 15.8 Å². The summed E-state index contributed by atoms with van der Waals surface area (Å²) < 4.78 is 41.0. The van der Waals surface area contributed by atoms with Crippen molar-refractivity contribution in [2.45, 2.75) is 13.1 Å². The van der Waals surface area contributed by atoms with Crippen LogP contribution in [0.4, 0.5) is 18.9 Å². The number of rotatable bonds is 5. The molecule has 108 valence electrons. The second-order valence-electron chi connectivity index (χ2n) is 3.89. The molecule has 9 heteroatoms. The summed E-state index contributed by atoms with van der Waals surface area (Å²) in [7, 11) is 1.55. The first-order valence-electron chi connectivity index (χ1n) is 5.44. The average molecular weight is 280 g/mol. The van der Waals surface area contributed by atoms with Crippen molar-refractivity contribution in [1.29, 1.82) is 0 Å². The third kappa shape index (κ3) is 4.43. The second-order valence-corrected chi connectivity index (χ2v) is 3.89. The van der Waals surface area contributed by atoms with Gasteiger partial charge in [-0.3, -0.25) is 9.48 Å². The number of amides is 1. The Kier molecular flexibility index (Phi) is 4.76. The van der Waals surface area contributed by atoms with Gasteiger partial charge in [0.1, 0.15) is 12.3 Å². The van der Waals surface area contributed by atoms with Crippen LogP contribution in [0.15, 0.2) is 0 Å². The van der Waals surface area contributed by atoms with Crippen molar-refractivity contribution >= 4 is 11.6 Å². The summed E-state index contributed by atoms with van der Waals surface area (Å²) in [6.07, 6.45) is -4.37. The number of aryl methyl sites for hydroxylation is 2. The van der Waals surface area contributed by atoms with E-state index < -0.39 is 18.7 Å². The van der Waals surface area contributed by atoms with E-state index in [4.69, 9.17) is 5.73 Å². The number of nitrogen functional groups attached to an aromatic ring is 1. The molecular formula is C10H15F3N4O2. The number of carbonyl (C=O) groups excluding carboxylic acids is 1. The van der Waals surface area contributed by atoms with Crippen molar-refractivity contribution in [2.24, 2.45) is 7.05 Å². The van der Waals surface area contributed by atoms with Gasteiger partial charge in [0, 0.05) is 13.6 Å². The van der Waals surface area contributed by atoms with Gasteiger partial charge in [-0.2, -0.15) is 18.3 Å². The third-order valence-electron chi connectivity index (χ3n) is 2.28. The highest BCUT2D eigenvalue weighted by molar-refractivity contribution is 5.97. The number of carbonyl (C=O) groups is 1. The molecule has 0 saturated heterocycles. The normalized spacial score (nSPS) is 11.6. The maximum Gasteiger partial charge on any atom is 0.411 e. The van der Waals surface area contributed by atoms with Crippen LogP contribution in [0, 0.1) is 6.92 Å². The van der Waals surface area contributed by atoms with E-state index in [1.165, 1.54) is 4.68 Å². The molecule has 19 heavy (non-hydrogen) atoms. The number of halogens is 3. The van der Waals surface area contributed by atoms with Gasteiger partial charge >= 0.3 is 6.18 Å². The lowest BCUT2D eigenvalue weighted by molar-refractivity contribution is -0.173. The summed E-state index contributed by atoms with van der Waals surface area (Å²) in [6, 6.07) is 0. The fourth-order valence-electron chi connectivity index (χ4n) is 1.45. The molecule has 1 heterocycles. The Morgan fingerprint density at radius 3 is 2.63 bits per heavy atom. The van der Waals surface area contributed by atoms with E-state index in [2.05, 4.69) is 15.2 Å². The lowest BCUT2D eigenvalue weighted by Crippen LogP contribution is -2.30. The molecule has 6 nitrogen and oxygen atoms in total. The standard InChI is InChI=1S/C10H15F3N4O2/c1-6-7(14)8(17(2)16-6)9(18)15-3-4-19-5-10(11,12)13/h3-5,14H2,1-2H3,(H,15,18). The van der Waals surface area contributed by atoms with Crippen molar-refractivity contribution in [3.63, 3.8) is 0 Å². The van der Waals surface area contributed by atoms with E-state index in [0.717, 1.165) is 0 Å². The monoisotopic (exact) mass is 280 g/mol. The zero-order valence-corrected chi connectivity index (χ0v) is 10.5. The summed E-state index contributed by atoms with van der Waals surface area (Å²) in [6.45, 7) is 0.0367. The predicted molar refractivity (Wildman–Crippen MR) is 61.6 cm³/mol. The Hall–Kier alpha value is -1.77. The molecule has 0 unspecified atom stereocenters. The van der Waals surface area contributed by atoms with Crippen molar-refractivity contribution < 1.29 is 22.7 Å². The van der Waals surface area contributed by atoms with E-state index in [1.54, 1.807) is 14.0 Å². The highest BCUT2D eigenvalue weighted by atomic mass is 19.4. The Balaban J connectivity index is 2.40. The van der Waals surface area contributed by atoms with Gasteiger partial charge in [0.15, 0.2) is 0 Å².